The molecule has 5 N–H and O–H groups in total. The molecule has 4 amide bonds. The number of ether oxygens (including phenoxy) is 1. The van der Waals surface area contributed by atoms with Crippen LogP contribution in [0.5, 0.6) is 0 Å². The van der Waals surface area contributed by atoms with E-state index in [-0.39, 0.29) is 29.6 Å². The second-order valence-electron chi connectivity index (χ2n) is 17.5. The van der Waals surface area contributed by atoms with Crippen molar-refractivity contribution in [2.45, 2.75) is 83.3 Å². The fourth-order valence-electron chi connectivity index (χ4n) is 8.48. The van der Waals surface area contributed by atoms with Crippen LogP contribution in [0, 0.1) is 11.8 Å². The molecule has 14 nitrogen and oxygen atoms in total. The summed E-state index contributed by atoms with van der Waals surface area (Å²) < 4.78 is 34.3. The highest BCUT2D eigenvalue weighted by Crippen LogP contribution is 2.42. The Morgan fingerprint density at radius 3 is 2.20 bits per heavy atom. The number of hydrogen-bond donors (Lipinski definition) is 5. The minimum atomic E-state index is -3.14. The largest absolute Gasteiger partial charge is 0.453 e. The summed E-state index contributed by atoms with van der Waals surface area (Å²) in [4.78, 5) is 70.7. The van der Waals surface area contributed by atoms with Gasteiger partial charge in [-0.15, -0.1) is 0 Å². The van der Waals surface area contributed by atoms with Gasteiger partial charge in [-0.05, 0) is 52.1 Å². The molecule has 2 fully saturated rings. The number of halogens is 2. The van der Waals surface area contributed by atoms with Gasteiger partial charge in [0.25, 0.3) is 5.92 Å². The zero-order chi connectivity index (χ0) is 43.3. The van der Waals surface area contributed by atoms with Crippen molar-refractivity contribution in [3.63, 3.8) is 0 Å². The molecule has 2 aliphatic heterocycles. The number of aliphatic hydroxyl groups excluding tert-OH is 1. The third kappa shape index (κ3) is 8.50. The molecule has 2 aromatic heterocycles. The molecule has 0 bridgehead atoms. The lowest BCUT2D eigenvalue weighted by Crippen LogP contribution is -2.52. The number of fused-ring (bicyclic) bond motifs is 3. The van der Waals surface area contributed by atoms with Crippen molar-refractivity contribution in [2.75, 3.05) is 26.4 Å². The fourth-order valence-corrected chi connectivity index (χ4v) is 11.4. The Morgan fingerprint density at radius 2 is 1.53 bits per heavy atom. The molecule has 0 aliphatic carbocycles. The average molecular weight is 843 g/mol. The van der Waals surface area contributed by atoms with Crippen LogP contribution in [0.4, 0.5) is 13.6 Å². The van der Waals surface area contributed by atoms with Crippen molar-refractivity contribution >= 4 is 53.7 Å². The van der Waals surface area contributed by atoms with Crippen LogP contribution in [0.25, 0.3) is 44.2 Å². The minimum absolute atomic E-state index is 0.171. The quantitative estimate of drug-likeness (QED) is 0.0956. The van der Waals surface area contributed by atoms with E-state index < -0.39 is 69.6 Å². The molecule has 0 radical (unpaired) electrons. The summed E-state index contributed by atoms with van der Waals surface area (Å²) in [6, 6.07) is 15.7. The predicted octanol–water partition coefficient (Wildman–Crippen LogP) is 6.33. The number of imidazole rings is 2. The summed E-state index contributed by atoms with van der Waals surface area (Å²) >= 11 is 0. The maximum Gasteiger partial charge on any atom is 0.407 e. The van der Waals surface area contributed by atoms with Crippen LogP contribution in [-0.2, 0) is 19.1 Å². The van der Waals surface area contributed by atoms with Gasteiger partial charge in [0, 0.05) is 18.0 Å². The molecule has 7 rings (SSSR count). The molecule has 2 aliphatic rings. The number of aliphatic hydroxyl groups is 1. The minimum Gasteiger partial charge on any atom is -0.453 e. The molecule has 17 heteroatoms. The molecule has 5 aromatic rings. The highest BCUT2D eigenvalue weighted by atomic mass is 28.3. The first-order valence-corrected chi connectivity index (χ1v) is 23.6. The third-order valence-electron chi connectivity index (χ3n) is 11.6. The second kappa shape index (κ2) is 16.4. The number of alkyl carbamates (subject to hydrolysis) is 1. The fraction of sp³-hybridized carbons (Fsp3) is 0.442. The van der Waals surface area contributed by atoms with E-state index in [1.165, 1.54) is 7.11 Å². The standard InChI is InChI=1S/C43H52F2N8O6Si/c1-23(2)35(49-34(55)19-54)41(57)53-22-60(6,7)20-33(53)39-47-30-15-13-28-16-27(12-14-29(28)37(30)50-39)25-8-10-26(11-9-25)31-18-46-38(48-31)32-17-43(44,45)21-52(32)40(56)36(24(3)4)51-42(58)59-5/h8-16,18,23-24,32-33,35-36,54H,17,19-22H2,1-7H3,(H,46,48)(H,47,50)(H,49,55)(H,51,58)/t32-,33?,35-,36-/m0/s1. The van der Waals surface area contributed by atoms with E-state index in [1.54, 1.807) is 20.0 Å². The van der Waals surface area contributed by atoms with Gasteiger partial charge in [0.05, 0.1) is 56.7 Å². The van der Waals surface area contributed by atoms with Crippen LogP contribution in [-0.4, -0.2) is 111 Å². The van der Waals surface area contributed by atoms with Crippen molar-refractivity contribution in [3.05, 3.63) is 72.4 Å². The van der Waals surface area contributed by atoms with Crippen LogP contribution in [0.2, 0.25) is 19.1 Å². The number of likely N-dealkylation sites (tertiary alicyclic amines) is 1. The number of hydrogen-bond acceptors (Lipinski definition) is 8. The number of carbonyl (C=O) groups excluding carboxylic acids is 4. The van der Waals surface area contributed by atoms with E-state index in [0.29, 0.717) is 17.7 Å². The van der Waals surface area contributed by atoms with Crippen molar-refractivity contribution in [3.8, 4) is 22.4 Å². The highest BCUT2D eigenvalue weighted by molar-refractivity contribution is 6.78. The normalized spacial score (nSPS) is 19.6. The topological polar surface area (TPSA) is 186 Å². The molecule has 0 saturated carbocycles. The van der Waals surface area contributed by atoms with Crippen molar-refractivity contribution in [1.82, 2.24) is 40.4 Å². The van der Waals surface area contributed by atoms with E-state index in [9.17, 15) is 33.1 Å². The Bertz CT molecular complexity index is 2430. The smallest absolute Gasteiger partial charge is 0.407 e. The van der Waals surface area contributed by atoms with Crippen LogP contribution >= 0.6 is 0 Å². The summed E-state index contributed by atoms with van der Waals surface area (Å²) in [7, 11) is -0.651. The number of carbonyl (C=O) groups is 4. The molecule has 2 saturated heterocycles. The van der Waals surface area contributed by atoms with Gasteiger partial charge >= 0.3 is 6.09 Å². The molecule has 4 atom stereocenters. The van der Waals surface area contributed by atoms with Crippen LogP contribution < -0.4 is 10.6 Å². The lowest BCUT2D eigenvalue weighted by molar-refractivity contribution is -0.139. The SMILES string of the molecule is COC(=O)N[C@H](C(=O)N1CC(F)(F)C[C@H]1c1ncc(-c2ccc(-c3ccc4c(ccc5[nH]c(C6C[Si](C)(C)CN6C(=O)[C@@H](NC(=O)CO)C(C)C)nc54)c3)cc2)[nH]1)C(C)C. The van der Waals surface area contributed by atoms with Gasteiger partial charge in [-0.3, -0.25) is 14.4 Å². The van der Waals surface area contributed by atoms with E-state index in [0.717, 1.165) is 49.4 Å². The number of benzene rings is 3. The zero-order valence-electron chi connectivity index (χ0n) is 34.8. The molecule has 318 valence electrons. The van der Waals surface area contributed by atoms with Gasteiger partial charge in [0.1, 0.15) is 30.3 Å². The van der Waals surface area contributed by atoms with Crippen molar-refractivity contribution in [1.29, 1.82) is 0 Å². The van der Waals surface area contributed by atoms with E-state index >= 15 is 0 Å². The monoisotopic (exact) mass is 842 g/mol. The van der Waals surface area contributed by atoms with Gasteiger partial charge in [-0.2, -0.15) is 0 Å². The first kappa shape index (κ1) is 42.4. The Kier molecular flexibility index (Phi) is 11.6. The Morgan fingerprint density at radius 1 is 0.883 bits per heavy atom. The number of nitrogens with one attached hydrogen (secondary N) is 4. The number of H-pyrrole nitrogens is 2. The van der Waals surface area contributed by atoms with Crippen molar-refractivity contribution in [2.24, 2.45) is 11.8 Å². The van der Waals surface area contributed by atoms with Crippen molar-refractivity contribution < 1.29 is 37.8 Å². The maximum atomic E-state index is 14.8. The first-order valence-electron chi connectivity index (χ1n) is 20.2. The summed E-state index contributed by atoms with van der Waals surface area (Å²) in [5, 5.41) is 16.5. The number of rotatable bonds is 11. The molecular weight excluding hydrogens is 791 g/mol. The predicted molar refractivity (Wildman–Crippen MR) is 225 cm³/mol. The van der Waals surface area contributed by atoms with Gasteiger partial charge in [-0.25, -0.2) is 23.5 Å². The Hall–Kier alpha value is -5.68. The Balaban J connectivity index is 1.11. The van der Waals surface area contributed by atoms with Gasteiger partial charge < -0.3 is 40.2 Å². The van der Waals surface area contributed by atoms with E-state index in [4.69, 9.17) is 4.98 Å². The summed E-state index contributed by atoms with van der Waals surface area (Å²) in [5.41, 5.74) is 4.96. The highest BCUT2D eigenvalue weighted by Gasteiger charge is 2.50. The number of nitrogens with zero attached hydrogens (tertiary/aromatic N) is 4. The van der Waals surface area contributed by atoms with E-state index in [2.05, 4.69) is 49.5 Å². The zero-order valence-corrected chi connectivity index (χ0v) is 35.8. The molecule has 1 unspecified atom stereocenters. The molecule has 3 aromatic carbocycles. The number of methoxy groups -OCH3 is 1. The first-order chi connectivity index (χ1) is 28.4. The maximum absolute atomic E-state index is 14.8. The van der Waals surface area contributed by atoms with Crippen LogP contribution in [0.1, 0.15) is 57.8 Å². The van der Waals surface area contributed by atoms with E-state index in [1.807, 2.05) is 67.3 Å². The lowest BCUT2D eigenvalue weighted by Gasteiger charge is -2.30. The molecule has 60 heavy (non-hydrogen) atoms. The van der Waals surface area contributed by atoms with Crippen LogP contribution in [0.15, 0.2) is 60.8 Å². The second-order valence-corrected chi connectivity index (χ2v) is 22.5. The lowest BCUT2D eigenvalue weighted by atomic mass is 9.99. The number of alkyl halides is 2. The molecule has 4 heterocycles. The van der Waals surface area contributed by atoms with Gasteiger partial charge in [0.2, 0.25) is 17.7 Å². The van der Waals surface area contributed by atoms with Gasteiger partial charge in [-0.1, -0.05) is 83.3 Å². The average Bonchev–Trinajstić information content (AvgIpc) is 4.01. The molecule has 0 spiro atoms. The Labute approximate surface area is 347 Å². The number of aromatic nitrogens is 4. The molecular formula is C43H52F2N8O6Si. The number of aromatic amines is 2. The summed E-state index contributed by atoms with van der Waals surface area (Å²) in [6.07, 6.45) is 0.772. The van der Waals surface area contributed by atoms with Gasteiger partial charge in [0.15, 0.2) is 0 Å². The number of amides is 4. The summed E-state index contributed by atoms with van der Waals surface area (Å²) in [6.45, 7) is 10.2. The van der Waals surface area contributed by atoms with Crippen LogP contribution in [0.3, 0.4) is 0 Å². The summed E-state index contributed by atoms with van der Waals surface area (Å²) in [5.74, 6) is -4.14. The third-order valence-corrected chi connectivity index (χ3v) is 14.3.